The van der Waals surface area contributed by atoms with Crippen molar-refractivity contribution in [3.05, 3.63) is 97.1 Å². The molecular formula is C22H26O2S. The largest absolute Gasteiger partial charge is 0.356 e. The van der Waals surface area contributed by atoms with Crippen molar-refractivity contribution in [1.82, 2.24) is 0 Å². The first-order valence-corrected chi connectivity index (χ1v) is 9.13. The lowest BCUT2D eigenvalue weighted by atomic mass is 10.2. The molecule has 2 unspecified atom stereocenters. The van der Waals surface area contributed by atoms with Gasteiger partial charge in [-0.3, -0.25) is 0 Å². The van der Waals surface area contributed by atoms with Gasteiger partial charge in [0.15, 0.2) is 0 Å². The Labute approximate surface area is 155 Å². The van der Waals surface area contributed by atoms with Crippen LogP contribution in [0.3, 0.4) is 0 Å². The third-order valence-electron chi connectivity index (χ3n) is 3.88. The van der Waals surface area contributed by atoms with Crippen LogP contribution in [0.25, 0.3) is 0 Å². The van der Waals surface area contributed by atoms with Crippen LogP contribution in [0.5, 0.6) is 0 Å². The molecule has 0 heterocycles. The van der Waals surface area contributed by atoms with Crippen molar-refractivity contribution < 1.29 is 9.47 Å². The molecular weight excluding hydrogens is 328 g/mol. The molecule has 2 aromatic rings. The molecule has 0 spiro atoms. The molecule has 0 saturated heterocycles. The Bertz CT molecular complexity index is 611. The first-order valence-electron chi connectivity index (χ1n) is 8.32. The summed E-state index contributed by atoms with van der Waals surface area (Å²) in [6.45, 7) is 12.9. The molecule has 0 aliphatic heterocycles. The molecule has 0 aliphatic carbocycles. The first-order chi connectivity index (χ1) is 12.0. The highest BCUT2D eigenvalue weighted by Gasteiger charge is 2.34. The van der Waals surface area contributed by atoms with Gasteiger partial charge in [-0.1, -0.05) is 85.6 Å². The highest BCUT2D eigenvalue weighted by atomic mass is 32.2. The van der Waals surface area contributed by atoms with Gasteiger partial charge in [-0.2, -0.15) is 0 Å². The molecule has 0 saturated carbocycles. The predicted molar refractivity (Wildman–Crippen MR) is 107 cm³/mol. The summed E-state index contributed by atoms with van der Waals surface area (Å²) < 4.78 is 12.3. The lowest BCUT2D eigenvalue weighted by Crippen LogP contribution is -2.32. The van der Waals surface area contributed by atoms with E-state index in [-0.39, 0.29) is 0 Å². The SMILES string of the molecule is C=CC(C)(OCc1ccccc1)SC(C)(C=C)OCc1ccccc1. The van der Waals surface area contributed by atoms with Crippen molar-refractivity contribution in [1.29, 1.82) is 0 Å². The maximum atomic E-state index is 6.13. The third kappa shape index (κ3) is 6.20. The van der Waals surface area contributed by atoms with Crippen LogP contribution < -0.4 is 0 Å². The second-order valence-corrected chi connectivity index (χ2v) is 7.92. The second-order valence-electron chi connectivity index (χ2n) is 6.09. The smallest absolute Gasteiger partial charge is 0.132 e. The van der Waals surface area contributed by atoms with E-state index in [9.17, 15) is 0 Å². The minimum absolute atomic E-state index is 0.516. The molecule has 0 aliphatic rings. The molecule has 0 N–H and O–H groups in total. The average Bonchev–Trinajstić information content (AvgIpc) is 2.66. The Morgan fingerprint density at radius 1 is 0.760 bits per heavy atom. The molecule has 25 heavy (non-hydrogen) atoms. The Kier molecular flexibility index (Phi) is 7.06. The summed E-state index contributed by atoms with van der Waals surface area (Å²) in [6.07, 6.45) is 3.63. The van der Waals surface area contributed by atoms with Gasteiger partial charge < -0.3 is 9.47 Å². The minimum atomic E-state index is -0.588. The number of hydrogen-bond donors (Lipinski definition) is 0. The quantitative estimate of drug-likeness (QED) is 0.387. The standard InChI is InChI=1S/C22H26O2S/c1-5-21(3,23-17-19-13-9-7-10-14-19)25-22(4,6-2)24-18-20-15-11-8-12-16-20/h5-16H,1-2,17-18H2,3-4H3. The zero-order valence-electron chi connectivity index (χ0n) is 15.0. The fourth-order valence-electron chi connectivity index (χ4n) is 2.26. The zero-order valence-corrected chi connectivity index (χ0v) is 15.8. The maximum absolute atomic E-state index is 6.13. The molecule has 3 heteroatoms. The van der Waals surface area contributed by atoms with Crippen LogP contribution in [0.2, 0.25) is 0 Å². The van der Waals surface area contributed by atoms with E-state index in [1.54, 1.807) is 11.8 Å². The average molecular weight is 355 g/mol. The van der Waals surface area contributed by atoms with Crippen molar-refractivity contribution in [2.45, 2.75) is 36.9 Å². The zero-order chi connectivity index (χ0) is 18.2. The maximum Gasteiger partial charge on any atom is 0.132 e. The van der Waals surface area contributed by atoms with Crippen LogP contribution in [0.15, 0.2) is 86.0 Å². The molecule has 2 atom stereocenters. The highest BCUT2D eigenvalue weighted by Crippen LogP contribution is 2.41. The van der Waals surface area contributed by atoms with E-state index in [0.717, 1.165) is 11.1 Å². The van der Waals surface area contributed by atoms with Gasteiger partial charge in [0, 0.05) is 0 Å². The Hall–Kier alpha value is -1.81. The number of hydrogen-bond acceptors (Lipinski definition) is 3. The van der Waals surface area contributed by atoms with Crippen LogP contribution in [-0.4, -0.2) is 9.87 Å². The molecule has 0 fully saturated rings. The molecule has 0 amide bonds. The minimum Gasteiger partial charge on any atom is -0.356 e. The molecule has 132 valence electrons. The molecule has 2 rings (SSSR count). The lowest BCUT2D eigenvalue weighted by Gasteiger charge is -2.35. The van der Waals surface area contributed by atoms with Gasteiger partial charge in [0.2, 0.25) is 0 Å². The number of thioether (sulfide) groups is 1. The summed E-state index contributed by atoms with van der Waals surface area (Å²) in [5.41, 5.74) is 2.25. The van der Waals surface area contributed by atoms with Crippen LogP contribution in [0.4, 0.5) is 0 Å². The normalized spacial score (nSPS) is 15.8. The topological polar surface area (TPSA) is 18.5 Å². The summed E-state index contributed by atoms with van der Waals surface area (Å²) in [5, 5.41) is 0. The van der Waals surface area contributed by atoms with Crippen LogP contribution in [0.1, 0.15) is 25.0 Å². The van der Waals surface area contributed by atoms with Crippen LogP contribution in [-0.2, 0) is 22.7 Å². The van der Waals surface area contributed by atoms with Gasteiger partial charge in [0.1, 0.15) is 9.87 Å². The van der Waals surface area contributed by atoms with Crippen molar-refractivity contribution in [3.63, 3.8) is 0 Å². The van der Waals surface area contributed by atoms with Crippen LogP contribution >= 0.6 is 11.8 Å². The monoisotopic (exact) mass is 354 g/mol. The summed E-state index contributed by atoms with van der Waals surface area (Å²) in [6, 6.07) is 20.2. The lowest BCUT2D eigenvalue weighted by molar-refractivity contribution is 0.0360. The van der Waals surface area contributed by atoms with Gasteiger partial charge in [-0.15, -0.1) is 0 Å². The summed E-state index contributed by atoms with van der Waals surface area (Å²) in [7, 11) is 0. The van der Waals surface area contributed by atoms with E-state index >= 15 is 0 Å². The van der Waals surface area contributed by atoms with Gasteiger partial charge in [-0.25, -0.2) is 0 Å². The second kappa shape index (κ2) is 9.04. The molecule has 0 radical (unpaired) electrons. The van der Waals surface area contributed by atoms with Crippen LogP contribution in [0, 0.1) is 0 Å². The molecule has 0 bridgehead atoms. The molecule has 2 aromatic carbocycles. The third-order valence-corrected chi connectivity index (χ3v) is 5.26. The summed E-state index contributed by atoms with van der Waals surface area (Å²) in [4.78, 5) is -1.18. The van der Waals surface area contributed by atoms with Crippen molar-refractivity contribution in [3.8, 4) is 0 Å². The Morgan fingerprint density at radius 2 is 1.12 bits per heavy atom. The van der Waals surface area contributed by atoms with E-state index in [1.807, 2.05) is 86.7 Å². The van der Waals surface area contributed by atoms with Gasteiger partial charge >= 0.3 is 0 Å². The Balaban J connectivity index is 1.99. The fraction of sp³-hybridized carbons (Fsp3) is 0.273. The fourth-order valence-corrected chi connectivity index (χ4v) is 3.47. The van der Waals surface area contributed by atoms with E-state index < -0.39 is 9.87 Å². The molecule has 2 nitrogen and oxygen atoms in total. The van der Waals surface area contributed by atoms with Crippen molar-refractivity contribution in [2.75, 3.05) is 0 Å². The van der Waals surface area contributed by atoms with E-state index in [2.05, 4.69) is 13.2 Å². The van der Waals surface area contributed by atoms with Gasteiger partial charge in [0.25, 0.3) is 0 Å². The first kappa shape index (κ1) is 19.5. The van der Waals surface area contributed by atoms with Gasteiger partial charge in [0.05, 0.1) is 13.2 Å². The summed E-state index contributed by atoms with van der Waals surface area (Å²) >= 11 is 1.55. The number of benzene rings is 2. The molecule has 0 aromatic heterocycles. The Morgan fingerprint density at radius 3 is 1.44 bits per heavy atom. The number of ether oxygens (including phenoxy) is 2. The van der Waals surface area contributed by atoms with Crippen molar-refractivity contribution >= 4 is 11.8 Å². The van der Waals surface area contributed by atoms with E-state index in [4.69, 9.17) is 9.47 Å². The van der Waals surface area contributed by atoms with Crippen molar-refractivity contribution in [2.24, 2.45) is 0 Å². The van der Waals surface area contributed by atoms with E-state index in [1.165, 1.54) is 0 Å². The van der Waals surface area contributed by atoms with E-state index in [0.29, 0.717) is 13.2 Å². The predicted octanol–water partition coefficient (Wildman–Crippen LogP) is 5.96. The van der Waals surface area contributed by atoms with Gasteiger partial charge in [-0.05, 0) is 37.1 Å². The highest BCUT2D eigenvalue weighted by molar-refractivity contribution is 8.01. The summed E-state index contributed by atoms with van der Waals surface area (Å²) in [5.74, 6) is 0. The number of rotatable bonds is 10.